The van der Waals surface area contributed by atoms with Gasteiger partial charge >= 0.3 is 12.2 Å². The number of carbonyl (C=O) groups excluding carboxylic acids is 1. The van der Waals surface area contributed by atoms with Crippen LogP contribution in [0.15, 0.2) is 36.4 Å². The fourth-order valence-electron chi connectivity index (χ4n) is 1.84. The summed E-state index contributed by atoms with van der Waals surface area (Å²) in [5.41, 5.74) is -0.939. The third-order valence-electron chi connectivity index (χ3n) is 2.95. The van der Waals surface area contributed by atoms with E-state index in [-0.39, 0.29) is 22.1 Å². The molecule has 2 aromatic rings. The first-order valence-electron chi connectivity index (χ1n) is 6.49. The van der Waals surface area contributed by atoms with E-state index in [0.29, 0.717) is 0 Å². The van der Waals surface area contributed by atoms with Crippen LogP contribution in [0.3, 0.4) is 0 Å². The molecular weight excluding hydrogens is 352 g/mol. The van der Waals surface area contributed by atoms with E-state index in [4.69, 9.17) is 16.3 Å². The molecule has 2 amide bonds. The summed E-state index contributed by atoms with van der Waals surface area (Å²) in [6.07, 6.45) is -4.57. The monoisotopic (exact) mass is 362 g/mol. The number of hydrogen-bond donors (Lipinski definition) is 2. The van der Waals surface area contributed by atoms with Gasteiger partial charge in [0.2, 0.25) is 0 Å². The molecule has 9 heteroatoms. The lowest BCUT2D eigenvalue weighted by molar-refractivity contribution is -0.137. The van der Waals surface area contributed by atoms with Crippen LogP contribution in [0.2, 0.25) is 5.02 Å². The molecule has 0 aliphatic rings. The molecule has 2 N–H and O–H groups in total. The third kappa shape index (κ3) is 4.29. The maximum atomic E-state index is 13.1. The Kier molecular flexibility index (Phi) is 5.18. The summed E-state index contributed by atoms with van der Waals surface area (Å²) in [6.45, 7) is 0. The lowest BCUT2D eigenvalue weighted by atomic mass is 10.2. The fourth-order valence-corrected chi connectivity index (χ4v) is 2.02. The van der Waals surface area contributed by atoms with Crippen molar-refractivity contribution in [2.24, 2.45) is 0 Å². The highest BCUT2D eigenvalue weighted by Crippen LogP contribution is 2.35. The van der Waals surface area contributed by atoms with Gasteiger partial charge in [-0.05, 0) is 36.4 Å². The summed E-state index contributed by atoms with van der Waals surface area (Å²) in [4.78, 5) is 11.9. The second-order valence-electron chi connectivity index (χ2n) is 4.62. The van der Waals surface area contributed by atoms with Crippen LogP contribution < -0.4 is 15.4 Å². The second kappa shape index (κ2) is 6.96. The number of methoxy groups -OCH3 is 1. The first-order valence-corrected chi connectivity index (χ1v) is 6.87. The highest BCUT2D eigenvalue weighted by atomic mass is 35.5. The Morgan fingerprint density at radius 1 is 1.12 bits per heavy atom. The van der Waals surface area contributed by atoms with E-state index in [2.05, 4.69) is 10.6 Å². The van der Waals surface area contributed by atoms with E-state index in [1.54, 1.807) is 0 Å². The maximum Gasteiger partial charge on any atom is 0.416 e. The molecule has 0 saturated carbocycles. The van der Waals surface area contributed by atoms with Gasteiger partial charge < -0.3 is 15.4 Å². The van der Waals surface area contributed by atoms with Crippen molar-refractivity contribution in [3.8, 4) is 5.75 Å². The highest BCUT2D eigenvalue weighted by molar-refractivity contribution is 6.31. The van der Waals surface area contributed by atoms with Crippen LogP contribution in [0.4, 0.5) is 33.7 Å². The number of rotatable bonds is 3. The molecule has 0 radical (unpaired) electrons. The minimum Gasteiger partial charge on any atom is -0.495 e. The lowest BCUT2D eigenvalue weighted by Crippen LogP contribution is -2.20. The van der Waals surface area contributed by atoms with E-state index in [0.717, 1.165) is 24.3 Å². The predicted molar refractivity (Wildman–Crippen MR) is 82.0 cm³/mol. The molecular formula is C15H11ClF4N2O2. The maximum absolute atomic E-state index is 13.1. The lowest BCUT2D eigenvalue weighted by Gasteiger charge is -2.14. The Balaban J connectivity index is 2.19. The van der Waals surface area contributed by atoms with Crippen molar-refractivity contribution in [3.63, 3.8) is 0 Å². The zero-order chi connectivity index (χ0) is 17.9. The summed E-state index contributed by atoms with van der Waals surface area (Å²) in [6, 6.07) is 5.30. The molecule has 0 unspecified atom stereocenters. The molecule has 0 bridgehead atoms. The van der Waals surface area contributed by atoms with Crippen molar-refractivity contribution in [1.29, 1.82) is 0 Å². The molecule has 24 heavy (non-hydrogen) atoms. The van der Waals surface area contributed by atoms with Gasteiger partial charge in [0.05, 0.1) is 23.4 Å². The van der Waals surface area contributed by atoms with E-state index < -0.39 is 23.6 Å². The van der Waals surface area contributed by atoms with Crippen LogP contribution in [0.25, 0.3) is 0 Å². The minimum atomic E-state index is -4.57. The van der Waals surface area contributed by atoms with Gasteiger partial charge in [-0.2, -0.15) is 13.2 Å². The van der Waals surface area contributed by atoms with Crippen molar-refractivity contribution in [3.05, 3.63) is 52.8 Å². The van der Waals surface area contributed by atoms with E-state index >= 15 is 0 Å². The quantitative estimate of drug-likeness (QED) is 0.742. The van der Waals surface area contributed by atoms with Gasteiger partial charge in [-0.25, -0.2) is 9.18 Å². The van der Waals surface area contributed by atoms with Crippen molar-refractivity contribution < 1.29 is 27.1 Å². The number of amides is 2. The van der Waals surface area contributed by atoms with Crippen LogP contribution in [0.1, 0.15) is 5.56 Å². The van der Waals surface area contributed by atoms with Crippen LogP contribution in [-0.2, 0) is 6.18 Å². The summed E-state index contributed by atoms with van der Waals surface area (Å²) in [5.74, 6) is -0.613. The molecule has 128 valence electrons. The summed E-state index contributed by atoms with van der Waals surface area (Å²) in [5, 5.41) is 4.37. The average molecular weight is 363 g/mol. The largest absolute Gasteiger partial charge is 0.495 e. The summed E-state index contributed by atoms with van der Waals surface area (Å²) < 4.78 is 56.2. The predicted octanol–water partition coefficient (Wildman–Crippen LogP) is 5.15. The molecule has 0 atom stereocenters. The molecule has 0 aromatic heterocycles. The number of urea groups is 1. The zero-order valence-electron chi connectivity index (χ0n) is 12.2. The number of anilines is 2. The van der Waals surface area contributed by atoms with Gasteiger partial charge in [0.1, 0.15) is 11.6 Å². The average Bonchev–Trinajstić information content (AvgIpc) is 2.50. The van der Waals surface area contributed by atoms with Gasteiger partial charge in [0.25, 0.3) is 0 Å². The van der Waals surface area contributed by atoms with Gasteiger partial charge in [-0.1, -0.05) is 11.6 Å². The van der Waals surface area contributed by atoms with Gasteiger partial charge in [0, 0.05) is 5.69 Å². The Bertz CT molecular complexity index is 766. The number of carbonyl (C=O) groups is 1. The second-order valence-corrected chi connectivity index (χ2v) is 5.03. The number of hydrogen-bond acceptors (Lipinski definition) is 2. The van der Waals surface area contributed by atoms with E-state index in [1.165, 1.54) is 19.2 Å². The third-order valence-corrected chi connectivity index (χ3v) is 3.24. The van der Waals surface area contributed by atoms with Crippen LogP contribution >= 0.6 is 11.6 Å². The number of ether oxygens (including phenoxy) is 1. The van der Waals surface area contributed by atoms with Crippen molar-refractivity contribution in [2.45, 2.75) is 6.18 Å². The molecule has 0 spiro atoms. The van der Waals surface area contributed by atoms with Crippen molar-refractivity contribution in [1.82, 2.24) is 0 Å². The molecule has 0 heterocycles. The van der Waals surface area contributed by atoms with Crippen LogP contribution in [0, 0.1) is 5.82 Å². The molecule has 2 aromatic carbocycles. The smallest absolute Gasteiger partial charge is 0.416 e. The first-order chi connectivity index (χ1) is 11.2. The van der Waals surface area contributed by atoms with Gasteiger partial charge in [-0.3, -0.25) is 0 Å². The van der Waals surface area contributed by atoms with Crippen LogP contribution in [0.5, 0.6) is 5.75 Å². The van der Waals surface area contributed by atoms with E-state index in [1.807, 2.05) is 0 Å². The number of benzene rings is 2. The van der Waals surface area contributed by atoms with Gasteiger partial charge in [0.15, 0.2) is 0 Å². The van der Waals surface area contributed by atoms with Crippen molar-refractivity contribution >= 4 is 29.0 Å². The topological polar surface area (TPSA) is 50.4 Å². The molecule has 2 rings (SSSR count). The Labute approximate surface area is 139 Å². The van der Waals surface area contributed by atoms with Crippen LogP contribution in [-0.4, -0.2) is 13.1 Å². The number of nitrogens with one attached hydrogen (secondary N) is 2. The Hall–Kier alpha value is -2.48. The zero-order valence-corrected chi connectivity index (χ0v) is 12.9. The SMILES string of the molecule is COc1ccc(C(F)(F)F)cc1NC(=O)Nc1ccc(F)c(Cl)c1. The van der Waals surface area contributed by atoms with Gasteiger partial charge in [-0.15, -0.1) is 0 Å². The molecule has 0 saturated heterocycles. The first kappa shape index (κ1) is 17.9. The molecule has 0 fully saturated rings. The summed E-state index contributed by atoms with van der Waals surface area (Å²) in [7, 11) is 1.26. The summed E-state index contributed by atoms with van der Waals surface area (Å²) >= 11 is 5.58. The normalized spacial score (nSPS) is 11.1. The number of alkyl halides is 3. The highest BCUT2D eigenvalue weighted by Gasteiger charge is 2.31. The molecule has 0 aliphatic carbocycles. The molecule has 4 nitrogen and oxygen atoms in total. The fraction of sp³-hybridized carbons (Fsp3) is 0.133. The Morgan fingerprint density at radius 3 is 2.42 bits per heavy atom. The van der Waals surface area contributed by atoms with Crippen molar-refractivity contribution in [2.75, 3.05) is 17.7 Å². The van der Waals surface area contributed by atoms with E-state index in [9.17, 15) is 22.4 Å². The molecule has 0 aliphatic heterocycles. The Morgan fingerprint density at radius 2 is 1.83 bits per heavy atom. The standard InChI is InChI=1S/C15H11ClF4N2O2/c1-24-13-5-2-8(15(18,19)20)6-12(13)22-14(23)21-9-3-4-11(17)10(16)7-9/h2-7H,1H3,(H2,21,22,23). The number of halogens is 5. The minimum absolute atomic E-state index is 0.0512.